The Labute approximate surface area is 204 Å². The first-order valence-corrected chi connectivity index (χ1v) is 12.9. The maximum Gasteiger partial charge on any atom is 0.243 e. The maximum atomic E-state index is 13.1. The molecule has 1 atom stereocenters. The van der Waals surface area contributed by atoms with E-state index in [4.69, 9.17) is 4.74 Å². The van der Waals surface area contributed by atoms with Crippen molar-refractivity contribution < 1.29 is 17.9 Å². The Bertz CT molecular complexity index is 1450. The molecule has 5 rings (SSSR count). The minimum Gasteiger partial charge on any atom is -0.497 e. The van der Waals surface area contributed by atoms with Crippen molar-refractivity contribution >= 4 is 32.7 Å². The first-order chi connectivity index (χ1) is 17.0. The number of nitrogens with one attached hydrogen (secondary N) is 1. The highest BCUT2D eigenvalue weighted by molar-refractivity contribution is 7.89. The van der Waals surface area contributed by atoms with Crippen LogP contribution in [0.2, 0.25) is 0 Å². The Morgan fingerprint density at radius 3 is 2.51 bits per heavy atom. The van der Waals surface area contributed by atoms with Crippen LogP contribution in [-0.4, -0.2) is 48.4 Å². The Morgan fingerprint density at radius 2 is 1.77 bits per heavy atom. The molecule has 1 aliphatic rings. The second-order valence-corrected chi connectivity index (χ2v) is 10.5. The van der Waals surface area contributed by atoms with Crippen molar-refractivity contribution in [2.75, 3.05) is 25.5 Å². The topological polar surface area (TPSA) is 93.5 Å². The zero-order chi connectivity index (χ0) is 24.4. The van der Waals surface area contributed by atoms with Crippen molar-refractivity contribution in [1.82, 2.24) is 13.9 Å². The molecule has 1 unspecified atom stereocenters. The van der Waals surface area contributed by atoms with Crippen molar-refractivity contribution in [3.63, 3.8) is 0 Å². The van der Waals surface area contributed by atoms with Gasteiger partial charge in [-0.1, -0.05) is 12.1 Å². The van der Waals surface area contributed by atoms with Crippen LogP contribution in [0.4, 0.5) is 5.69 Å². The number of rotatable bonds is 6. The summed E-state index contributed by atoms with van der Waals surface area (Å²) in [6.07, 6.45) is 3.04. The molecule has 1 amide bonds. The molecular weight excluding hydrogens is 464 g/mol. The zero-order valence-electron chi connectivity index (χ0n) is 19.3. The number of methoxy groups -OCH3 is 1. The number of imidazole rings is 1. The third kappa shape index (κ3) is 4.65. The van der Waals surface area contributed by atoms with E-state index in [2.05, 4.69) is 10.3 Å². The van der Waals surface area contributed by atoms with Crippen molar-refractivity contribution in [1.29, 1.82) is 0 Å². The van der Waals surface area contributed by atoms with Gasteiger partial charge in [-0.2, -0.15) is 4.31 Å². The fourth-order valence-corrected chi connectivity index (χ4v) is 5.91. The predicted octanol–water partition coefficient (Wildman–Crippen LogP) is 4.07. The van der Waals surface area contributed by atoms with Crippen molar-refractivity contribution in [2.24, 2.45) is 5.92 Å². The van der Waals surface area contributed by atoms with Crippen LogP contribution in [0, 0.1) is 5.92 Å². The summed E-state index contributed by atoms with van der Waals surface area (Å²) in [5, 5.41) is 2.95. The lowest BCUT2D eigenvalue weighted by Gasteiger charge is -2.31. The number of amides is 1. The molecule has 8 nitrogen and oxygen atoms in total. The number of hydrogen-bond acceptors (Lipinski definition) is 5. The summed E-state index contributed by atoms with van der Waals surface area (Å²) >= 11 is 0. The molecule has 0 radical (unpaired) electrons. The van der Waals surface area contributed by atoms with Gasteiger partial charge in [0, 0.05) is 24.5 Å². The number of benzene rings is 3. The third-order valence-corrected chi connectivity index (χ3v) is 8.20. The molecule has 35 heavy (non-hydrogen) atoms. The predicted molar refractivity (Wildman–Crippen MR) is 134 cm³/mol. The number of anilines is 1. The maximum absolute atomic E-state index is 13.1. The highest BCUT2D eigenvalue weighted by Gasteiger charge is 2.33. The number of fused-ring (bicyclic) bond motifs is 1. The molecule has 3 aromatic carbocycles. The molecule has 1 aromatic heterocycles. The van der Waals surface area contributed by atoms with Crippen LogP contribution in [0.25, 0.3) is 16.7 Å². The van der Waals surface area contributed by atoms with E-state index in [1.165, 1.54) is 23.5 Å². The summed E-state index contributed by atoms with van der Waals surface area (Å²) in [7, 11) is -2.15. The number of hydrogen-bond donors (Lipinski definition) is 1. The van der Waals surface area contributed by atoms with Crippen LogP contribution in [0.5, 0.6) is 5.75 Å². The molecule has 0 bridgehead atoms. The minimum absolute atomic E-state index is 0.152. The SMILES string of the molecule is COc1ccc(S(=O)(=O)N2CCCC(C(=O)Nc3ccc(-n4cnc5ccccc54)cc3)C2)cc1. The van der Waals surface area contributed by atoms with Crippen molar-refractivity contribution in [3.8, 4) is 11.4 Å². The van der Waals surface area contributed by atoms with Crippen LogP contribution >= 0.6 is 0 Å². The van der Waals surface area contributed by atoms with Gasteiger partial charge in [-0.25, -0.2) is 13.4 Å². The summed E-state index contributed by atoms with van der Waals surface area (Å²) in [5.41, 5.74) is 3.52. The number of ether oxygens (including phenoxy) is 1. The van der Waals surface area contributed by atoms with E-state index in [0.29, 0.717) is 30.8 Å². The molecule has 1 aliphatic heterocycles. The Morgan fingerprint density at radius 1 is 1.03 bits per heavy atom. The van der Waals surface area contributed by atoms with Crippen LogP contribution in [-0.2, 0) is 14.8 Å². The summed E-state index contributed by atoms with van der Waals surface area (Å²) in [6.45, 7) is 0.547. The molecule has 0 aliphatic carbocycles. The van der Waals surface area contributed by atoms with Gasteiger partial charge in [0.25, 0.3) is 0 Å². The molecule has 2 heterocycles. The lowest BCUT2D eigenvalue weighted by atomic mass is 9.98. The zero-order valence-corrected chi connectivity index (χ0v) is 20.1. The van der Waals surface area contributed by atoms with E-state index in [1.807, 2.05) is 53.1 Å². The van der Waals surface area contributed by atoms with Gasteiger partial charge in [-0.15, -0.1) is 0 Å². The quantitative estimate of drug-likeness (QED) is 0.440. The van der Waals surface area contributed by atoms with E-state index in [1.54, 1.807) is 18.5 Å². The number of nitrogens with zero attached hydrogens (tertiary/aromatic N) is 3. The van der Waals surface area contributed by atoms with E-state index >= 15 is 0 Å². The average Bonchev–Trinajstić information content (AvgIpc) is 3.33. The van der Waals surface area contributed by atoms with E-state index in [9.17, 15) is 13.2 Å². The molecule has 180 valence electrons. The van der Waals surface area contributed by atoms with Gasteiger partial charge < -0.3 is 10.1 Å². The second-order valence-electron chi connectivity index (χ2n) is 8.52. The van der Waals surface area contributed by atoms with Gasteiger partial charge >= 0.3 is 0 Å². The Balaban J connectivity index is 1.26. The molecule has 0 saturated carbocycles. The number of aromatic nitrogens is 2. The molecule has 0 spiro atoms. The van der Waals surface area contributed by atoms with Gasteiger partial charge in [-0.3, -0.25) is 9.36 Å². The average molecular weight is 491 g/mol. The first-order valence-electron chi connectivity index (χ1n) is 11.4. The highest BCUT2D eigenvalue weighted by atomic mass is 32.2. The smallest absolute Gasteiger partial charge is 0.243 e. The third-order valence-electron chi connectivity index (χ3n) is 6.32. The van der Waals surface area contributed by atoms with Crippen molar-refractivity contribution in [2.45, 2.75) is 17.7 Å². The summed E-state index contributed by atoms with van der Waals surface area (Å²) in [5.74, 6) is -0.0124. The first kappa shape index (κ1) is 23.1. The Kier molecular flexibility index (Phi) is 6.27. The van der Waals surface area contributed by atoms with Crippen LogP contribution < -0.4 is 10.1 Å². The number of carbonyl (C=O) groups excluding carboxylic acids is 1. The van der Waals surface area contributed by atoms with E-state index in [0.717, 1.165) is 16.7 Å². The highest BCUT2D eigenvalue weighted by Crippen LogP contribution is 2.26. The summed E-state index contributed by atoms with van der Waals surface area (Å²) in [6, 6.07) is 21.7. The molecule has 4 aromatic rings. The van der Waals surface area contributed by atoms with Crippen LogP contribution in [0.15, 0.2) is 84.0 Å². The molecule has 9 heteroatoms. The van der Waals surface area contributed by atoms with Gasteiger partial charge in [0.05, 0.1) is 29.0 Å². The van der Waals surface area contributed by atoms with Crippen LogP contribution in [0.1, 0.15) is 12.8 Å². The van der Waals surface area contributed by atoms with Gasteiger partial charge in [0.15, 0.2) is 0 Å². The lowest BCUT2D eigenvalue weighted by molar-refractivity contribution is -0.120. The van der Waals surface area contributed by atoms with Crippen LogP contribution in [0.3, 0.4) is 0 Å². The number of para-hydroxylation sites is 2. The van der Waals surface area contributed by atoms with E-state index < -0.39 is 15.9 Å². The monoisotopic (exact) mass is 490 g/mol. The Hall–Kier alpha value is -3.69. The molecular formula is C26H26N4O4S. The molecule has 1 saturated heterocycles. The summed E-state index contributed by atoms with van der Waals surface area (Å²) in [4.78, 5) is 17.6. The fourth-order valence-electron chi connectivity index (χ4n) is 4.39. The van der Waals surface area contributed by atoms with E-state index in [-0.39, 0.29) is 17.3 Å². The van der Waals surface area contributed by atoms with Crippen molar-refractivity contribution in [3.05, 3.63) is 79.1 Å². The number of carbonyl (C=O) groups is 1. The number of piperidine rings is 1. The minimum atomic E-state index is -3.69. The molecule has 1 fully saturated rings. The van der Waals surface area contributed by atoms with Gasteiger partial charge in [-0.05, 0) is 73.5 Å². The second kappa shape index (κ2) is 9.52. The lowest BCUT2D eigenvalue weighted by Crippen LogP contribution is -2.43. The molecule has 1 N–H and O–H groups in total. The normalized spacial score (nSPS) is 16.8. The van der Waals surface area contributed by atoms with Gasteiger partial charge in [0.2, 0.25) is 15.9 Å². The number of sulfonamides is 1. The largest absolute Gasteiger partial charge is 0.497 e. The van der Waals surface area contributed by atoms with Gasteiger partial charge in [0.1, 0.15) is 12.1 Å². The fraction of sp³-hybridized carbons (Fsp3) is 0.231. The summed E-state index contributed by atoms with van der Waals surface area (Å²) < 4.78 is 34.7. The standard InChI is InChI=1S/C26H26N4O4S/c1-34-22-12-14-23(15-13-22)35(32,33)29-16-4-5-19(17-29)26(31)28-20-8-10-21(11-9-20)30-18-27-24-6-2-3-7-25(24)30/h2-3,6-15,18-19H,4-5,16-17H2,1H3,(H,28,31).